The smallest absolute Gasteiger partial charge is 0.317 e. The third-order valence-electron chi connectivity index (χ3n) is 5.72. The van der Waals surface area contributed by atoms with Gasteiger partial charge >= 0.3 is 6.03 Å². The molecule has 33 heavy (non-hydrogen) atoms. The maximum atomic E-state index is 13.2. The van der Waals surface area contributed by atoms with Gasteiger partial charge in [0.25, 0.3) is 5.91 Å². The molecule has 0 spiro atoms. The molecule has 184 valence electrons. The standard InChI is InChI=1S/C24H38N4O5/c1-8-22(29)26-18-9-10-19-20(11-18)33-14-17(5)28(24(31)25-15(2)3)12-16(4)21(32-7)13-27(6)23(19)30/h9-11,15-17,21H,8,12-14H2,1-7H3,(H,25,31)(H,26,29)/t16-,17-,21-/m1/s1. The molecule has 3 atom stereocenters. The van der Waals surface area contributed by atoms with Crippen LogP contribution in [0.5, 0.6) is 5.75 Å². The lowest BCUT2D eigenvalue weighted by atomic mass is 10.0. The topological polar surface area (TPSA) is 100 Å². The minimum absolute atomic E-state index is 0.00486. The molecule has 0 unspecified atom stereocenters. The molecule has 2 rings (SSSR count). The minimum Gasteiger partial charge on any atom is -0.491 e. The average Bonchev–Trinajstić information content (AvgIpc) is 2.77. The van der Waals surface area contributed by atoms with Crippen LogP contribution < -0.4 is 15.4 Å². The van der Waals surface area contributed by atoms with Gasteiger partial charge in [-0.1, -0.05) is 13.8 Å². The number of carbonyl (C=O) groups excluding carboxylic acids is 3. The van der Waals surface area contributed by atoms with Crippen molar-refractivity contribution in [1.82, 2.24) is 15.1 Å². The van der Waals surface area contributed by atoms with Crippen LogP contribution in [0, 0.1) is 5.92 Å². The van der Waals surface area contributed by atoms with E-state index >= 15 is 0 Å². The van der Waals surface area contributed by atoms with E-state index in [4.69, 9.17) is 9.47 Å². The van der Waals surface area contributed by atoms with Crippen LogP contribution in [0.1, 0.15) is 51.4 Å². The number of likely N-dealkylation sites (N-methyl/N-ethyl adjacent to an activating group) is 1. The fraction of sp³-hybridized carbons (Fsp3) is 0.625. The Kier molecular flexibility index (Phi) is 9.52. The van der Waals surface area contributed by atoms with E-state index in [1.807, 2.05) is 27.7 Å². The first kappa shape index (κ1) is 26.4. The van der Waals surface area contributed by atoms with Crippen LogP contribution in [-0.2, 0) is 9.53 Å². The lowest BCUT2D eigenvalue weighted by Crippen LogP contribution is -2.52. The summed E-state index contributed by atoms with van der Waals surface area (Å²) in [6.07, 6.45) is 0.0834. The summed E-state index contributed by atoms with van der Waals surface area (Å²) in [5.74, 6) is 0.0131. The van der Waals surface area contributed by atoms with Crippen molar-refractivity contribution in [2.75, 3.05) is 39.2 Å². The lowest BCUT2D eigenvalue weighted by molar-refractivity contribution is -0.115. The van der Waals surface area contributed by atoms with Gasteiger partial charge in [-0.2, -0.15) is 0 Å². The highest BCUT2D eigenvalue weighted by atomic mass is 16.5. The quantitative estimate of drug-likeness (QED) is 0.717. The Balaban J connectivity index is 2.44. The molecule has 0 aliphatic carbocycles. The third kappa shape index (κ3) is 7.08. The van der Waals surface area contributed by atoms with Gasteiger partial charge in [-0.05, 0) is 32.9 Å². The van der Waals surface area contributed by atoms with Crippen molar-refractivity contribution < 1.29 is 23.9 Å². The van der Waals surface area contributed by atoms with Crippen LogP contribution in [0.15, 0.2) is 18.2 Å². The first-order valence-corrected chi connectivity index (χ1v) is 11.5. The summed E-state index contributed by atoms with van der Waals surface area (Å²) < 4.78 is 11.8. The number of rotatable bonds is 4. The molecule has 1 aromatic carbocycles. The number of amides is 4. The minimum atomic E-state index is -0.266. The zero-order valence-electron chi connectivity index (χ0n) is 20.8. The number of urea groups is 1. The van der Waals surface area contributed by atoms with Gasteiger partial charge in [-0.25, -0.2) is 4.79 Å². The van der Waals surface area contributed by atoms with Crippen LogP contribution >= 0.6 is 0 Å². The summed E-state index contributed by atoms with van der Waals surface area (Å²) in [6, 6.07) is 4.56. The van der Waals surface area contributed by atoms with Crippen molar-refractivity contribution in [2.24, 2.45) is 5.92 Å². The zero-order valence-corrected chi connectivity index (χ0v) is 20.8. The number of ether oxygens (including phenoxy) is 2. The number of hydrogen-bond acceptors (Lipinski definition) is 5. The summed E-state index contributed by atoms with van der Waals surface area (Å²) >= 11 is 0. The van der Waals surface area contributed by atoms with Crippen molar-refractivity contribution in [3.63, 3.8) is 0 Å². The van der Waals surface area contributed by atoms with Crippen LogP contribution in [0.3, 0.4) is 0 Å². The highest BCUT2D eigenvalue weighted by Crippen LogP contribution is 2.27. The van der Waals surface area contributed by atoms with E-state index in [2.05, 4.69) is 10.6 Å². The first-order chi connectivity index (χ1) is 15.6. The molecule has 9 heteroatoms. The van der Waals surface area contributed by atoms with Crippen molar-refractivity contribution in [3.05, 3.63) is 23.8 Å². The fourth-order valence-corrected chi connectivity index (χ4v) is 3.71. The maximum Gasteiger partial charge on any atom is 0.317 e. The second-order valence-electron chi connectivity index (χ2n) is 8.97. The van der Waals surface area contributed by atoms with Gasteiger partial charge in [0, 0.05) is 57.4 Å². The molecule has 0 saturated carbocycles. The number of nitrogens with zero attached hydrogens (tertiary/aromatic N) is 2. The Hall–Kier alpha value is -2.81. The number of carbonyl (C=O) groups is 3. The highest BCUT2D eigenvalue weighted by Gasteiger charge is 2.30. The number of hydrogen-bond donors (Lipinski definition) is 2. The molecular formula is C24H38N4O5. The molecule has 1 aliphatic rings. The van der Waals surface area contributed by atoms with Crippen LogP contribution in [0.25, 0.3) is 0 Å². The molecule has 1 aromatic rings. The number of benzene rings is 1. The Labute approximate surface area is 196 Å². The molecule has 0 saturated heterocycles. The van der Waals surface area contributed by atoms with E-state index < -0.39 is 0 Å². The van der Waals surface area contributed by atoms with Gasteiger partial charge in [0.1, 0.15) is 12.4 Å². The van der Waals surface area contributed by atoms with Gasteiger partial charge < -0.3 is 29.9 Å². The fourth-order valence-electron chi connectivity index (χ4n) is 3.71. The van der Waals surface area contributed by atoms with Gasteiger partial charge in [0.2, 0.25) is 5.91 Å². The molecule has 0 bridgehead atoms. The maximum absolute atomic E-state index is 13.2. The van der Waals surface area contributed by atoms with Gasteiger partial charge in [0.05, 0.1) is 17.7 Å². The Morgan fingerprint density at radius 3 is 2.55 bits per heavy atom. The van der Waals surface area contributed by atoms with Gasteiger partial charge in [-0.3, -0.25) is 9.59 Å². The Morgan fingerprint density at radius 1 is 1.24 bits per heavy atom. The van der Waals surface area contributed by atoms with Crippen LogP contribution in [-0.4, -0.2) is 79.7 Å². The predicted molar refractivity (Wildman–Crippen MR) is 128 cm³/mol. The molecule has 0 fully saturated rings. The number of anilines is 1. The van der Waals surface area contributed by atoms with Crippen molar-refractivity contribution >= 4 is 23.5 Å². The number of nitrogens with one attached hydrogen (secondary N) is 2. The van der Waals surface area contributed by atoms with E-state index in [1.54, 1.807) is 49.1 Å². The first-order valence-electron chi connectivity index (χ1n) is 11.5. The highest BCUT2D eigenvalue weighted by molar-refractivity contribution is 5.98. The van der Waals surface area contributed by atoms with Crippen LogP contribution in [0.2, 0.25) is 0 Å². The third-order valence-corrected chi connectivity index (χ3v) is 5.72. The number of fused-ring (bicyclic) bond motifs is 1. The normalized spacial score (nSPS) is 22.1. The molecular weight excluding hydrogens is 424 g/mol. The van der Waals surface area contributed by atoms with Crippen molar-refractivity contribution in [2.45, 2.75) is 59.2 Å². The van der Waals surface area contributed by atoms with E-state index in [0.29, 0.717) is 36.5 Å². The summed E-state index contributed by atoms with van der Waals surface area (Å²) in [5.41, 5.74) is 0.939. The monoisotopic (exact) mass is 462 g/mol. The summed E-state index contributed by atoms with van der Waals surface area (Å²) in [5, 5.41) is 5.76. The van der Waals surface area contributed by atoms with Crippen molar-refractivity contribution in [3.8, 4) is 5.75 Å². The van der Waals surface area contributed by atoms with Crippen molar-refractivity contribution in [1.29, 1.82) is 0 Å². The van der Waals surface area contributed by atoms with Crippen LogP contribution in [0.4, 0.5) is 10.5 Å². The summed E-state index contributed by atoms with van der Waals surface area (Å²) in [4.78, 5) is 41.4. The number of methoxy groups -OCH3 is 1. The molecule has 0 aromatic heterocycles. The van der Waals surface area contributed by atoms with Gasteiger partial charge in [-0.15, -0.1) is 0 Å². The summed E-state index contributed by atoms with van der Waals surface area (Å²) in [7, 11) is 3.34. The van der Waals surface area contributed by atoms with E-state index in [-0.39, 0.29) is 48.6 Å². The average molecular weight is 463 g/mol. The molecule has 1 aliphatic heterocycles. The molecule has 9 nitrogen and oxygen atoms in total. The molecule has 2 N–H and O–H groups in total. The summed E-state index contributed by atoms with van der Waals surface area (Å²) in [6.45, 7) is 10.5. The van der Waals surface area contributed by atoms with Gasteiger partial charge in [0.15, 0.2) is 0 Å². The lowest BCUT2D eigenvalue weighted by Gasteiger charge is -2.36. The molecule has 4 amide bonds. The van der Waals surface area contributed by atoms with E-state index in [1.165, 1.54) is 0 Å². The van der Waals surface area contributed by atoms with E-state index in [9.17, 15) is 14.4 Å². The Bertz CT molecular complexity index is 844. The predicted octanol–water partition coefficient (Wildman–Crippen LogP) is 2.96. The molecule has 0 radical (unpaired) electrons. The SMILES string of the molecule is CCC(=O)Nc1ccc2c(c1)OC[C@@H](C)N(C(=O)NC(C)C)C[C@@H](C)[C@H](OC)CN(C)C2=O. The van der Waals surface area contributed by atoms with E-state index in [0.717, 1.165) is 0 Å². The largest absolute Gasteiger partial charge is 0.491 e. The zero-order chi connectivity index (χ0) is 24.7. The molecule has 1 heterocycles. The second-order valence-corrected chi connectivity index (χ2v) is 8.97. The Morgan fingerprint density at radius 2 is 1.94 bits per heavy atom. The second kappa shape index (κ2) is 11.9.